The minimum absolute atomic E-state index is 0.0116. The number of hydrogen-bond acceptors (Lipinski definition) is 7. The van der Waals surface area contributed by atoms with E-state index < -0.39 is 11.9 Å². The predicted octanol–water partition coefficient (Wildman–Crippen LogP) is 3.59. The van der Waals surface area contributed by atoms with Crippen LogP contribution in [0.1, 0.15) is 22.3 Å². The topological polar surface area (TPSA) is 115 Å². The highest BCUT2D eigenvalue weighted by atomic mass is 79.9. The van der Waals surface area contributed by atoms with Gasteiger partial charge in [-0.3, -0.25) is 9.59 Å². The van der Waals surface area contributed by atoms with Crippen LogP contribution in [-0.2, 0) is 14.3 Å². The summed E-state index contributed by atoms with van der Waals surface area (Å²) in [7, 11) is 2.71. The Morgan fingerprint density at radius 2 is 1.88 bits per heavy atom. The lowest BCUT2D eigenvalue weighted by molar-refractivity contribution is -0.143. The zero-order chi connectivity index (χ0) is 24.4. The molecule has 0 radical (unpaired) electrons. The van der Waals surface area contributed by atoms with E-state index in [1.54, 1.807) is 12.1 Å². The molecule has 0 aliphatic rings. The van der Waals surface area contributed by atoms with Crippen LogP contribution in [0.15, 0.2) is 39.9 Å². The lowest BCUT2D eigenvalue weighted by Gasteiger charge is -2.12. The molecule has 0 atom stereocenters. The van der Waals surface area contributed by atoms with Gasteiger partial charge in [-0.1, -0.05) is 23.2 Å². The quantitative estimate of drug-likeness (QED) is 0.261. The molecule has 0 aromatic heterocycles. The van der Waals surface area contributed by atoms with Gasteiger partial charge in [-0.2, -0.15) is 5.10 Å². The van der Waals surface area contributed by atoms with Crippen molar-refractivity contribution >= 4 is 63.1 Å². The zero-order valence-corrected chi connectivity index (χ0v) is 20.7. The summed E-state index contributed by atoms with van der Waals surface area (Å²) in [6.07, 6.45) is 1.42. The first-order valence-electron chi connectivity index (χ1n) is 9.37. The van der Waals surface area contributed by atoms with E-state index in [1.165, 1.54) is 38.6 Å². The van der Waals surface area contributed by atoms with Gasteiger partial charge in [0, 0.05) is 18.5 Å². The van der Waals surface area contributed by atoms with Crippen molar-refractivity contribution < 1.29 is 28.6 Å². The van der Waals surface area contributed by atoms with Gasteiger partial charge in [0.15, 0.2) is 18.1 Å². The van der Waals surface area contributed by atoms with E-state index in [4.69, 9.17) is 32.7 Å². The number of hydrogen-bond donors (Lipinski definition) is 2. The van der Waals surface area contributed by atoms with Gasteiger partial charge >= 0.3 is 5.97 Å². The van der Waals surface area contributed by atoms with E-state index in [0.717, 1.165) is 0 Å². The van der Waals surface area contributed by atoms with Crippen molar-refractivity contribution in [1.29, 1.82) is 0 Å². The number of nitrogens with zero attached hydrogens (tertiary/aromatic N) is 1. The second kappa shape index (κ2) is 13.0. The van der Waals surface area contributed by atoms with Crippen LogP contribution in [0.3, 0.4) is 0 Å². The van der Waals surface area contributed by atoms with Crippen LogP contribution in [0, 0.1) is 0 Å². The number of ether oxygens (including phenoxy) is 3. The number of amides is 2. The van der Waals surface area contributed by atoms with Gasteiger partial charge < -0.3 is 19.5 Å². The van der Waals surface area contributed by atoms with Crippen molar-refractivity contribution in [3.63, 3.8) is 0 Å². The van der Waals surface area contributed by atoms with Gasteiger partial charge in [0.25, 0.3) is 5.91 Å². The molecule has 2 aromatic carbocycles. The molecule has 0 unspecified atom stereocenters. The molecule has 0 saturated heterocycles. The van der Waals surface area contributed by atoms with Crippen LogP contribution >= 0.6 is 39.1 Å². The van der Waals surface area contributed by atoms with E-state index in [2.05, 4.69) is 36.5 Å². The summed E-state index contributed by atoms with van der Waals surface area (Å²) >= 11 is 15.1. The van der Waals surface area contributed by atoms with Gasteiger partial charge in [0.1, 0.15) is 0 Å². The summed E-state index contributed by atoms with van der Waals surface area (Å²) in [5, 5.41) is 7.12. The molecule has 0 saturated carbocycles. The maximum absolute atomic E-state index is 12.1. The molecule has 0 fully saturated rings. The summed E-state index contributed by atoms with van der Waals surface area (Å²) in [6, 6.07) is 7.78. The first-order valence-corrected chi connectivity index (χ1v) is 10.9. The molecule has 0 heterocycles. The van der Waals surface area contributed by atoms with Crippen molar-refractivity contribution in [2.24, 2.45) is 5.10 Å². The summed E-state index contributed by atoms with van der Waals surface area (Å²) in [4.78, 5) is 35.3. The SMILES string of the molecule is COC(=O)COc1c(Br)cc(C=NNC(=O)CCNC(=O)c2ccc(Cl)c(Cl)c2)cc1OC. The Bertz CT molecular complexity index is 1060. The minimum Gasteiger partial charge on any atom is -0.493 e. The third kappa shape index (κ3) is 8.23. The number of rotatable bonds is 10. The lowest BCUT2D eigenvalue weighted by Crippen LogP contribution is -2.29. The van der Waals surface area contributed by atoms with Gasteiger partial charge in [-0.25, -0.2) is 10.2 Å². The number of carbonyl (C=O) groups excluding carboxylic acids is 3. The summed E-state index contributed by atoms with van der Waals surface area (Å²) in [5.41, 5.74) is 3.30. The van der Waals surface area contributed by atoms with Crippen molar-refractivity contribution in [3.8, 4) is 11.5 Å². The molecule has 2 N–H and O–H groups in total. The molecule has 2 aromatic rings. The van der Waals surface area contributed by atoms with E-state index >= 15 is 0 Å². The summed E-state index contributed by atoms with van der Waals surface area (Å²) < 4.78 is 15.7. The fourth-order valence-corrected chi connectivity index (χ4v) is 3.28. The van der Waals surface area contributed by atoms with Crippen molar-refractivity contribution in [1.82, 2.24) is 10.7 Å². The van der Waals surface area contributed by atoms with Crippen LogP contribution in [0.4, 0.5) is 0 Å². The van der Waals surface area contributed by atoms with E-state index in [1.807, 2.05) is 0 Å². The molecule has 0 aliphatic heterocycles. The van der Waals surface area contributed by atoms with Crippen LogP contribution in [0.25, 0.3) is 0 Å². The summed E-state index contributed by atoms with van der Waals surface area (Å²) in [5.74, 6) is -0.639. The molecule has 0 aliphatic carbocycles. The van der Waals surface area contributed by atoms with Gasteiger partial charge in [0.2, 0.25) is 5.91 Å². The Balaban J connectivity index is 1.86. The molecular weight excluding hydrogens is 541 g/mol. The van der Waals surface area contributed by atoms with Gasteiger partial charge in [0.05, 0.1) is 35.0 Å². The van der Waals surface area contributed by atoms with Gasteiger partial charge in [-0.05, 0) is 51.8 Å². The second-order valence-electron chi connectivity index (χ2n) is 6.33. The number of nitrogens with one attached hydrogen (secondary N) is 2. The Morgan fingerprint density at radius 1 is 1.12 bits per heavy atom. The van der Waals surface area contributed by atoms with Gasteiger partial charge in [-0.15, -0.1) is 0 Å². The number of carbonyl (C=O) groups is 3. The monoisotopic (exact) mass is 559 g/mol. The standard InChI is InChI=1S/C21H20BrCl2N3O6/c1-31-17-8-12(7-14(22)20(17)33-11-19(29)32-2)10-26-27-18(28)5-6-25-21(30)13-3-4-15(23)16(24)9-13/h3-4,7-10H,5-6,11H2,1-2H3,(H,25,30)(H,27,28). The van der Waals surface area contributed by atoms with Crippen molar-refractivity contribution in [3.05, 3.63) is 56.0 Å². The van der Waals surface area contributed by atoms with E-state index in [9.17, 15) is 14.4 Å². The van der Waals surface area contributed by atoms with Crippen molar-refractivity contribution in [2.75, 3.05) is 27.4 Å². The highest BCUT2D eigenvalue weighted by molar-refractivity contribution is 9.10. The number of benzene rings is 2. The maximum Gasteiger partial charge on any atom is 0.343 e. The third-order valence-corrected chi connectivity index (χ3v) is 5.36. The highest BCUT2D eigenvalue weighted by Gasteiger charge is 2.13. The fourth-order valence-electron chi connectivity index (χ4n) is 2.41. The highest BCUT2D eigenvalue weighted by Crippen LogP contribution is 2.36. The van der Waals surface area contributed by atoms with Crippen LogP contribution in [0.5, 0.6) is 11.5 Å². The third-order valence-electron chi connectivity index (χ3n) is 4.04. The van der Waals surface area contributed by atoms with Crippen LogP contribution < -0.4 is 20.2 Å². The largest absolute Gasteiger partial charge is 0.493 e. The molecular formula is C21H20BrCl2N3O6. The normalized spacial score (nSPS) is 10.6. The zero-order valence-electron chi connectivity index (χ0n) is 17.6. The number of halogens is 3. The lowest BCUT2D eigenvalue weighted by atomic mass is 10.2. The van der Waals surface area contributed by atoms with E-state index in [0.29, 0.717) is 32.1 Å². The second-order valence-corrected chi connectivity index (χ2v) is 8.00. The number of hydrazone groups is 1. The Hall–Kier alpha value is -2.82. The molecule has 2 rings (SSSR count). The smallest absolute Gasteiger partial charge is 0.343 e. The Labute approximate surface area is 208 Å². The maximum atomic E-state index is 12.1. The molecule has 9 nitrogen and oxygen atoms in total. The summed E-state index contributed by atoms with van der Waals surface area (Å²) in [6.45, 7) is -0.178. The number of esters is 1. The fraction of sp³-hybridized carbons (Fsp3) is 0.238. The molecule has 33 heavy (non-hydrogen) atoms. The average Bonchev–Trinajstić information content (AvgIpc) is 2.79. The molecule has 12 heteroatoms. The first kappa shape index (κ1) is 26.4. The average molecular weight is 561 g/mol. The predicted molar refractivity (Wildman–Crippen MR) is 127 cm³/mol. The molecule has 176 valence electrons. The van der Waals surface area contributed by atoms with Crippen molar-refractivity contribution in [2.45, 2.75) is 6.42 Å². The molecule has 0 spiro atoms. The van der Waals surface area contributed by atoms with Crippen LogP contribution in [0.2, 0.25) is 10.0 Å². The minimum atomic E-state index is -0.537. The number of methoxy groups -OCH3 is 2. The Morgan fingerprint density at radius 3 is 2.55 bits per heavy atom. The molecule has 2 amide bonds. The first-order chi connectivity index (χ1) is 15.7. The van der Waals surface area contributed by atoms with Crippen LogP contribution in [-0.4, -0.2) is 51.4 Å². The van der Waals surface area contributed by atoms with E-state index in [-0.39, 0.29) is 30.5 Å². The Kier molecular flexibility index (Phi) is 10.4. The molecule has 0 bridgehead atoms.